The van der Waals surface area contributed by atoms with Gasteiger partial charge in [0.05, 0.1) is 18.3 Å². The minimum absolute atomic E-state index is 0.0924. The van der Waals surface area contributed by atoms with Crippen molar-refractivity contribution in [3.05, 3.63) is 64.1 Å². The summed E-state index contributed by atoms with van der Waals surface area (Å²) >= 11 is 0. The average Bonchev–Trinajstić information content (AvgIpc) is 3.56. The quantitative estimate of drug-likeness (QED) is 0.433. The minimum atomic E-state index is -0.0924. The summed E-state index contributed by atoms with van der Waals surface area (Å²) in [6.07, 6.45) is 7.48. The monoisotopic (exact) mass is 476 g/mol. The lowest BCUT2D eigenvalue weighted by molar-refractivity contribution is 0.133. The molecule has 0 unspecified atom stereocenters. The largest absolute Gasteiger partial charge is 0.486 e. The van der Waals surface area contributed by atoms with E-state index >= 15 is 0 Å². The van der Waals surface area contributed by atoms with Crippen LogP contribution in [-0.4, -0.2) is 49.3 Å². The highest BCUT2D eigenvalue weighted by Gasteiger charge is 2.25. The van der Waals surface area contributed by atoms with Gasteiger partial charge in [0, 0.05) is 29.6 Å². The van der Waals surface area contributed by atoms with Crippen LogP contribution in [-0.2, 0) is 19.6 Å². The smallest absolute Gasteiger partial charge is 0.252 e. The van der Waals surface area contributed by atoms with Crippen LogP contribution in [0.3, 0.4) is 0 Å². The molecule has 1 aliphatic heterocycles. The first-order valence-electron chi connectivity index (χ1n) is 12.2. The van der Waals surface area contributed by atoms with Crippen LogP contribution < -0.4 is 15.0 Å². The van der Waals surface area contributed by atoms with Gasteiger partial charge in [-0.05, 0) is 47.5 Å². The third-order valence-electron chi connectivity index (χ3n) is 6.88. The summed E-state index contributed by atoms with van der Waals surface area (Å²) in [5.74, 6) is 2.93. The predicted molar refractivity (Wildman–Crippen MR) is 127 cm³/mol. The van der Waals surface area contributed by atoms with Gasteiger partial charge in [0.2, 0.25) is 0 Å². The number of nitrogens with zero attached hydrogens (tertiary/aromatic N) is 5. The number of fused-ring (bicyclic) bond motifs is 2. The number of aromatic nitrogens is 5. The molecule has 10 nitrogen and oxygen atoms in total. The topological polar surface area (TPSA) is 111 Å². The highest BCUT2D eigenvalue weighted by atomic mass is 16.6. The second kappa shape index (κ2) is 9.53. The number of hydrogen-bond donors (Lipinski definition) is 1. The van der Waals surface area contributed by atoms with Crippen LogP contribution in [0.4, 0.5) is 0 Å². The molecule has 0 atom stereocenters. The standard InChI is InChI=1S/C25H28N6O4/c32-25-18(11-17-12-22-23(13-21(17)26-25)35-10-9-34-22)14-30(19-5-2-1-3-6-19)16-24-27-28-29-31(24)15-20-7-4-8-33-20/h4,7-8,11-13,19H,1-3,5-6,9-10,14-16H2,(H,26,32). The zero-order valence-corrected chi connectivity index (χ0v) is 19.5. The van der Waals surface area contributed by atoms with Gasteiger partial charge in [-0.15, -0.1) is 5.10 Å². The van der Waals surface area contributed by atoms with Gasteiger partial charge in [0.15, 0.2) is 17.3 Å². The highest BCUT2D eigenvalue weighted by molar-refractivity contribution is 5.83. The molecule has 0 saturated heterocycles. The van der Waals surface area contributed by atoms with E-state index in [-0.39, 0.29) is 5.56 Å². The van der Waals surface area contributed by atoms with E-state index in [0.717, 1.165) is 35.3 Å². The highest BCUT2D eigenvalue weighted by Crippen LogP contribution is 2.34. The summed E-state index contributed by atoms with van der Waals surface area (Å²) in [6.45, 7) is 2.57. The number of pyridine rings is 1. The van der Waals surface area contributed by atoms with Crippen molar-refractivity contribution in [3.63, 3.8) is 0 Å². The van der Waals surface area contributed by atoms with E-state index in [1.807, 2.05) is 30.3 Å². The van der Waals surface area contributed by atoms with E-state index in [2.05, 4.69) is 25.4 Å². The van der Waals surface area contributed by atoms with Gasteiger partial charge in [-0.2, -0.15) is 0 Å². The average molecular weight is 477 g/mol. The van der Waals surface area contributed by atoms with Crippen molar-refractivity contribution in [2.24, 2.45) is 0 Å². The molecule has 1 aromatic carbocycles. The van der Waals surface area contributed by atoms with Crippen molar-refractivity contribution < 1.29 is 13.9 Å². The van der Waals surface area contributed by atoms with Crippen LogP contribution in [0, 0.1) is 0 Å². The number of rotatable bonds is 7. The van der Waals surface area contributed by atoms with Crippen LogP contribution in [0.25, 0.3) is 10.9 Å². The molecule has 3 aromatic heterocycles. The van der Waals surface area contributed by atoms with Crippen LogP contribution >= 0.6 is 0 Å². The molecule has 0 amide bonds. The van der Waals surface area contributed by atoms with Crippen molar-refractivity contribution in [1.29, 1.82) is 0 Å². The number of hydrogen-bond acceptors (Lipinski definition) is 8. The number of tetrazole rings is 1. The molecule has 4 aromatic rings. The second-order valence-corrected chi connectivity index (χ2v) is 9.24. The number of nitrogens with one attached hydrogen (secondary N) is 1. The Morgan fingerprint density at radius 1 is 1.06 bits per heavy atom. The fourth-order valence-corrected chi connectivity index (χ4v) is 5.08. The zero-order chi connectivity index (χ0) is 23.6. The molecule has 0 bridgehead atoms. The first-order valence-corrected chi connectivity index (χ1v) is 12.2. The molecule has 1 N–H and O–H groups in total. The van der Waals surface area contributed by atoms with E-state index in [1.54, 1.807) is 10.9 Å². The lowest BCUT2D eigenvalue weighted by Crippen LogP contribution is -2.38. The van der Waals surface area contributed by atoms with Crippen molar-refractivity contribution >= 4 is 10.9 Å². The van der Waals surface area contributed by atoms with Gasteiger partial charge in [-0.1, -0.05) is 19.3 Å². The van der Waals surface area contributed by atoms with Gasteiger partial charge in [-0.25, -0.2) is 4.68 Å². The normalized spacial score (nSPS) is 16.3. The van der Waals surface area contributed by atoms with Crippen molar-refractivity contribution in [2.75, 3.05) is 13.2 Å². The first kappa shape index (κ1) is 21.8. The lowest BCUT2D eigenvalue weighted by atomic mass is 9.93. The van der Waals surface area contributed by atoms with E-state index in [4.69, 9.17) is 13.9 Å². The molecule has 4 heterocycles. The molecular formula is C25H28N6O4. The Balaban J connectivity index is 1.30. The maximum Gasteiger partial charge on any atom is 0.252 e. The molecule has 10 heteroatoms. The summed E-state index contributed by atoms with van der Waals surface area (Å²) < 4.78 is 18.7. The van der Waals surface area contributed by atoms with E-state index in [9.17, 15) is 4.79 Å². The number of ether oxygens (including phenoxy) is 2. The van der Waals surface area contributed by atoms with Crippen LogP contribution in [0.5, 0.6) is 11.5 Å². The molecule has 0 radical (unpaired) electrons. The minimum Gasteiger partial charge on any atom is -0.486 e. The Bertz CT molecular complexity index is 1360. The number of furan rings is 1. The Morgan fingerprint density at radius 2 is 1.89 bits per heavy atom. The molecule has 182 valence electrons. The molecule has 1 fully saturated rings. The lowest BCUT2D eigenvalue weighted by Gasteiger charge is -2.33. The van der Waals surface area contributed by atoms with Gasteiger partial charge in [0.25, 0.3) is 5.56 Å². The predicted octanol–water partition coefficient (Wildman–Crippen LogP) is 3.26. The van der Waals surface area contributed by atoms with Gasteiger partial charge >= 0.3 is 0 Å². The third kappa shape index (κ3) is 4.66. The Morgan fingerprint density at radius 3 is 2.69 bits per heavy atom. The molecular weight excluding hydrogens is 448 g/mol. The van der Waals surface area contributed by atoms with Crippen LogP contribution in [0.15, 0.2) is 45.8 Å². The maximum atomic E-state index is 13.1. The Kier molecular flexibility index (Phi) is 5.95. The Hall–Kier alpha value is -3.66. The third-order valence-corrected chi connectivity index (χ3v) is 6.88. The molecule has 1 aliphatic carbocycles. The fourth-order valence-electron chi connectivity index (χ4n) is 5.08. The van der Waals surface area contributed by atoms with Crippen LogP contribution in [0.1, 0.15) is 49.3 Å². The molecule has 1 saturated carbocycles. The molecule has 35 heavy (non-hydrogen) atoms. The first-order chi connectivity index (χ1) is 17.2. The summed E-state index contributed by atoms with van der Waals surface area (Å²) in [5, 5.41) is 13.3. The molecule has 2 aliphatic rings. The van der Waals surface area contributed by atoms with Crippen molar-refractivity contribution in [2.45, 2.75) is 57.8 Å². The number of H-pyrrole nitrogens is 1. The summed E-state index contributed by atoms with van der Waals surface area (Å²) in [6, 6.07) is 9.89. The number of benzene rings is 1. The number of aromatic amines is 1. The van der Waals surface area contributed by atoms with Gasteiger partial charge in [-0.3, -0.25) is 9.69 Å². The summed E-state index contributed by atoms with van der Waals surface area (Å²) in [4.78, 5) is 18.5. The van der Waals surface area contributed by atoms with Gasteiger partial charge in [0.1, 0.15) is 25.5 Å². The summed E-state index contributed by atoms with van der Waals surface area (Å²) in [5.41, 5.74) is 1.37. The molecule has 0 spiro atoms. The molecule has 6 rings (SSSR count). The van der Waals surface area contributed by atoms with E-state index in [1.165, 1.54) is 19.3 Å². The maximum absolute atomic E-state index is 13.1. The van der Waals surface area contributed by atoms with Crippen molar-refractivity contribution in [3.8, 4) is 11.5 Å². The van der Waals surface area contributed by atoms with E-state index < -0.39 is 0 Å². The van der Waals surface area contributed by atoms with Crippen molar-refractivity contribution in [1.82, 2.24) is 30.1 Å². The summed E-state index contributed by atoms with van der Waals surface area (Å²) in [7, 11) is 0. The fraction of sp³-hybridized carbons (Fsp3) is 0.440. The zero-order valence-electron chi connectivity index (χ0n) is 19.5. The second-order valence-electron chi connectivity index (χ2n) is 9.24. The Labute approximate surface area is 201 Å². The van der Waals surface area contributed by atoms with Crippen LogP contribution in [0.2, 0.25) is 0 Å². The SMILES string of the molecule is O=c1[nH]c2cc3c(cc2cc1CN(Cc1nnnn1Cc1ccco1)C1CCCCC1)OCCO3. The van der Waals surface area contributed by atoms with E-state index in [0.29, 0.717) is 56.0 Å². The van der Waals surface area contributed by atoms with Gasteiger partial charge < -0.3 is 18.9 Å².